The molecule has 1 atom stereocenters. The van der Waals surface area contributed by atoms with Crippen LogP contribution in [0.2, 0.25) is 0 Å². The number of benzene rings is 1. The Morgan fingerprint density at radius 1 is 1.27 bits per heavy atom. The van der Waals surface area contributed by atoms with Gasteiger partial charge in [-0.1, -0.05) is 18.2 Å². The van der Waals surface area contributed by atoms with Gasteiger partial charge in [0.1, 0.15) is 5.82 Å². The number of likely N-dealkylation sites (tertiary alicyclic amines) is 1. The van der Waals surface area contributed by atoms with Crippen LogP contribution in [-0.4, -0.2) is 33.9 Å². The second-order valence-corrected chi connectivity index (χ2v) is 6.65. The van der Waals surface area contributed by atoms with Gasteiger partial charge in [0.15, 0.2) is 0 Å². The lowest BCUT2D eigenvalue weighted by Crippen LogP contribution is -2.39. The summed E-state index contributed by atoms with van der Waals surface area (Å²) in [4.78, 5) is 23.4. The summed E-state index contributed by atoms with van der Waals surface area (Å²) in [5.41, 5.74) is 2.07. The molecule has 0 radical (unpaired) electrons. The molecule has 4 nitrogen and oxygen atoms in total. The van der Waals surface area contributed by atoms with E-state index in [9.17, 15) is 4.79 Å². The number of hydrogen-bond donors (Lipinski definition) is 1. The Kier molecular flexibility index (Phi) is 3.42. The molecule has 112 valence electrons. The van der Waals surface area contributed by atoms with E-state index in [1.165, 1.54) is 11.3 Å². The zero-order valence-corrected chi connectivity index (χ0v) is 13.0. The third kappa shape index (κ3) is 2.41. The first kappa shape index (κ1) is 13.5. The van der Waals surface area contributed by atoms with Gasteiger partial charge in [-0.25, -0.2) is 4.98 Å². The monoisotopic (exact) mass is 311 g/mol. The van der Waals surface area contributed by atoms with Crippen LogP contribution in [-0.2, 0) is 0 Å². The number of para-hydroxylation sites is 2. The van der Waals surface area contributed by atoms with E-state index >= 15 is 0 Å². The Labute approximate surface area is 132 Å². The van der Waals surface area contributed by atoms with Gasteiger partial charge in [-0.3, -0.25) is 4.79 Å². The first-order valence-electron chi connectivity index (χ1n) is 7.59. The van der Waals surface area contributed by atoms with Crippen LogP contribution in [0.4, 0.5) is 0 Å². The molecule has 1 fully saturated rings. The molecule has 0 spiro atoms. The fourth-order valence-electron chi connectivity index (χ4n) is 3.11. The van der Waals surface area contributed by atoms with Gasteiger partial charge in [0.2, 0.25) is 0 Å². The van der Waals surface area contributed by atoms with Crippen LogP contribution >= 0.6 is 11.3 Å². The molecule has 5 heteroatoms. The molecule has 0 aliphatic carbocycles. The van der Waals surface area contributed by atoms with Gasteiger partial charge < -0.3 is 9.88 Å². The fraction of sp³-hybridized carbons (Fsp3) is 0.294. The molecule has 1 amide bonds. The fourth-order valence-corrected chi connectivity index (χ4v) is 3.80. The van der Waals surface area contributed by atoms with Gasteiger partial charge in [0.05, 0.1) is 15.9 Å². The van der Waals surface area contributed by atoms with Crippen molar-refractivity contribution < 1.29 is 4.79 Å². The highest BCUT2D eigenvalue weighted by atomic mass is 32.1. The van der Waals surface area contributed by atoms with E-state index in [-0.39, 0.29) is 5.91 Å². The lowest BCUT2D eigenvalue weighted by Gasteiger charge is -2.31. The average molecular weight is 311 g/mol. The Morgan fingerprint density at radius 2 is 2.18 bits per heavy atom. The van der Waals surface area contributed by atoms with E-state index in [2.05, 4.69) is 4.98 Å². The summed E-state index contributed by atoms with van der Waals surface area (Å²) < 4.78 is 0. The van der Waals surface area contributed by atoms with E-state index < -0.39 is 0 Å². The molecule has 0 bridgehead atoms. The van der Waals surface area contributed by atoms with E-state index in [0.717, 1.165) is 47.7 Å². The molecule has 2 aromatic heterocycles. The maximum Gasteiger partial charge on any atom is 0.263 e. The predicted octanol–water partition coefficient (Wildman–Crippen LogP) is 3.64. The van der Waals surface area contributed by atoms with E-state index in [1.54, 1.807) is 0 Å². The summed E-state index contributed by atoms with van der Waals surface area (Å²) >= 11 is 1.51. The molecular weight excluding hydrogens is 294 g/mol. The minimum atomic E-state index is 0.149. The SMILES string of the molecule is O=C(c1cccs1)N1CCCC(c2nc3ccccc3[nH]2)C1. The van der Waals surface area contributed by atoms with Crippen LogP contribution in [0.1, 0.15) is 34.3 Å². The molecular formula is C17H17N3OS. The third-order valence-electron chi connectivity index (χ3n) is 4.23. The molecule has 1 unspecified atom stereocenters. The molecule has 1 N–H and O–H groups in total. The lowest BCUT2D eigenvalue weighted by atomic mass is 9.97. The molecule has 22 heavy (non-hydrogen) atoms. The van der Waals surface area contributed by atoms with Crippen molar-refractivity contribution >= 4 is 28.3 Å². The molecule has 1 aromatic carbocycles. The van der Waals surface area contributed by atoms with Crippen molar-refractivity contribution in [3.05, 3.63) is 52.5 Å². The van der Waals surface area contributed by atoms with Crippen LogP contribution in [0, 0.1) is 0 Å². The van der Waals surface area contributed by atoms with Gasteiger partial charge in [-0.15, -0.1) is 11.3 Å². The Morgan fingerprint density at radius 3 is 3.00 bits per heavy atom. The number of piperidine rings is 1. The van der Waals surface area contributed by atoms with Crippen LogP contribution in [0.25, 0.3) is 11.0 Å². The van der Waals surface area contributed by atoms with Crippen LogP contribution in [0.5, 0.6) is 0 Å². The Bertz CT molecular complexity index is 760. The van der Waals surface area contributed by atoms with Crippen LogP contribution < -0.4 is 0 Å². The highest BCUT2D eigenvalue weighted by molar-refractivity contribution is 7.12. The number of hydrogen-bond acceptors (Lipinski definition) is 3. The zero-order valence-electron chi connectivity index (χ0n) is 12.2. The third-order valence-corrected chi connectivity index (χ3v) is 5.09. The predicted molar refractivity (Wildman–Crippen MR) is 88.3 cm³/mol. The smallest absolute Gasteiger partial charge is 0.263 e. The second kappa shape index (κ2) is 5.57. The van der Waals surface area contributed by atoms with Gasteiger partial charge >= 0.3 is 0 Å². The zero-order chi connectivity index (χ0) is 14.9. The van der Waals surface area contributed by atoms with Crippen molar-refractivity contribution in [2.24, 2.45) is 0 Å². The molecule has 1 aliphatic heterocycles. The molecule has 1 saturated heterocycles. The summed E-state index contributed by atoms with van der Waals surface area (Å²) in [6.45, 7) is 1.59. The summed E-state index contributed by atoms with van der Waals surface area (Å²) in [7, 11) is 0. The van der Waals surface area contributed by atoms with Gasteiger partial charge in [-0.05, 0) is 36.4 Å². The number of aromatic nitrogens is 2. The number of aromatic amines is 1. The maximum atomic E-state index is 12.5. The normalized spacial score (nSPS) is 18.7. The van der Waals surface area contributed by atoms with Gasteiger partial charge in [0, 0.05) is 19.0 Å². The maximum absolute atomic E-state index is 12.5. The first-order valence-corrected chi connectivity index (χ1v) is 8.46. The Hall–Kier alpha value is -2.14. The number of thiophene rings is 1. The van der Waals surface area contributed by atoms with Crippen molar-refractivity contribution in [2.45, 2.75) is 18.8 Å². The van der Waals surface area contributed by atoms with Crippen molar-refractivity contribution in [3.8, 4) is 0 Å². The number of nitrogens with zero attached hydrogens (tertiary/aromatic N) is 2. The topological polar surface area (TPSA) is 49.0 Å². The van der Waals surface area contributed by atoms with Crippen LogP contribution in [0.3, 0.4) is 0 Å². The van der Waals surface area contributed by atoms with Gasteiger partial charge in [0.25, 0.3) is 5.91 Å². The highest BCUT2D eigenvalue weighted by Crippen LogP contribution is 2.28. The van der Waals surface area contributed by atoms with Crippen molar-refractivity contribution in [1.29, 1.82) is 0 Å². The molecule has 1 aliphatic rings. The molecule has 3 aromatic rings. The number of amides is 1. The minimum absolute atomic E-state index is 0.149. The van der Waals surface area contributed by atoms with Crippen LogP contribution in [0.15, 0.2) is 41.8 Å². The summed E-state index contributed by atoms with van der Waals surface area (Å²) in [5, 5.41) is 1.95. The molecule has 4 rings (SSSR count). The lowest BCUT2D eigenvalue weighted by molar-refractivity contribution is 0.0710. The Balaban J connectivity index is 1.56. The highest BCUT2D eigenvalue weighted by Gasteiger charge is 2.27. The van der Waals surface area contributed by atoms with E-state index in [0.29, 0.717) is 5.92 Å². The second-order valence-electron chi connectivity index (χ2n) is 5.71. The van der Waals surface area contributed by atoms with Crippen molar-refractivity contribution in [2.75, 3.05) is 13.1 Å². The number of nitrogens with one attached hydrogen (secondary N) is 1. The van der Waals surface area contributed by atoms with E-state index in [1.807, 2.05) is 46.7 Å². The number of imidazole rings is 1. The summed E-state index contributed by atoms with van der Waals surface area (Å²) in [5.74, 6) is 1.45. The average Bonchev–Trinajstić information content (AvgIpc) is 3.23. The summed E-state index contributed by atoms with van der Waals surface area (Å²) in [6.07, 6.45) is 2.10. The first-order chi connectivity index (χ1) is 10.8. The minimum Gasteiger partial charge on any atom is -0.342 e. The number of carbonyl (C=O) groups excluding carboxylic acids is 1. The molecule has 0 saturated carbocycles. The number of rotatable bonds is 2. The quantitative estimate of drug-likeness (QED) is 0.785. The number of fused-ring (bicyclic) bond motifs is 1. The largest absolute Gasteiger partial charge is 0.342 e. The van der Waals surface area contributed by atoms with Gasteiger partial charge in [-0.2, -0.15) is 0 Å². The van der Waals surface area contributed by atoms with E-state index in [4.69, 9.17) is 4.98 Å². The summed E-state index contributed by atoms with van der Waals surface area (Å²) in [6, 6.07) is 11.9. The number of H-pyrrole nitrogens is 1. The molecule has 3 heterocycles. The van der Waals surface area contributed by atoms with Crippen molar-refractivity contribution in [1.82, 2.24) is 14.9 Å². The number of carbonyl (C=O) groups is 1. The van der Waals surface area contributed by atoms with Crippen molar-refractivity contribution in [3.63, 3.8) is 0 Å². The standard InChI is InChI=1S/C17H17N3OS/c21-17(15-8-4-10-22-15)20-9-3-5-12(11-20)16-18-13-6-1-2-7-14(13)19-16/h1-2,4,6-8,10,12H,3,5,9,11H2,(H,18,19).